The van der Waals surface area contributed by atoms with Crippen molar-refractivity contribution in [3.63, 3.8) is 0 Å². The summed E-state index contributed by atoms with van der Waals surface area (Å²) >= 11 is 0. The van der Waals surface area contributed by atoms with E-state index in [2.05, 4.69) is 33.5 Å². The van der Waals surface area contributed by atoms with Gasteiger partial charge < -0.3 is 10.1 Å². The fourth-order valence-corrected chi connectivity index (χ4v) is 2.28. The highest BCUT2D eigenvalue weighted by Gasteiger charge is 2.06. The first kappa shape index (κ1) is 13.4. The van der Waals surface area contributed by atoms with E-state index < -0.39 is 0 Å². The number of ether oxygens (including phenoxy) is 1. The van der Waals surface area contributed by atoms with E-state index in [1.165, 1.54) is 0 Å². The predicted molar refractivity (Wildman–Crippen MR) is 84.5 cm³/mol. The van der Waals surface area contributed by atoms with Gasteiger partial charge in [0, 0.05) is 24.3 Å². The highest BCUT2D eigenvalue weighted by Crippen LogP contribution is 2.23. The van der Waals surface area contributed by atoms with Gasteiger partial charge in [-0.15, -0.1) is 0 Å². The van der Waals surface area contributed by atoms with Crippen molar-refractivity contribution in [3.05, 3.63) is 60.4 Å². The molecule has 0 radical (unpaired) electrons. The lowest BCUT2D eigenvalue weighted by molar-refractivity contribution is 0.340. The molecule has 0 saturated heterocycles. The van der Waals surface area contributed by atoms with Crippen LogP contribution in [0.25, 0.3) is 10.9 Å². The van der Waals surface area contributed by atoms with Crippen LogP contribution in [0.3, 0.4) is 0 Å². The minimum atomic E-state index is 0.621. The number of aromatic nitrogens is 2. The zero-order valence-corrected chi connectivity index (χ0v) is 11.9. The van der Waals surface area contributed by atoms with Gasteiger partial charge in [0.2, 0.25) is 0 Å². The van der Waals surface area contributed by atoms with Crippen molar-refractivity contribution in [1.29, 1.82) is 0 Å². The third kappa shape index (κ3) is 2.94. The Balaban J connectivity index is 1.84. The molecule has 3 aromatic rings. The summed E-state index contributed by atoms with van der Waals surface area (Å²) in [6.07, 6.45) is 3.57. The first-order valence-electron chi connectivity index (χ1n) is 7.03. The molecule has 4 heteroatoms. The number of para-hydroxylation sites is 1. The van der Waals surface area contributed by atoms with Crippen molar-refractivity contribution in [3.8, 4) is 5.75 Å². The van der Waals surface area contributed by atoms with Gasteiger partial charge in [0.05, 0.1) is 12.1 Å². The number of pyridine rings is 2. The summed E-state index contributed by atoms with van der Waals surface area (Å²) in [4.78, 5) is 8.80. The molecule has 0 bridgehead atoms. The van der Waals surface area contributed by atoms with Crippen LogP contribution in [0.1, 0.15) is 12.5 Å². The average Bonchev–Trinajstić information content (AvgIpc) is 2.54. The normalized spacial score (nSPS) is 10.5. The minimum Gasteiger partial charge on any atom is -0.490 e. The Bertz CT molecular complexity index is 737. The largest absolute Gasteiger partial charge is 0.490 e. The molecule has 0 saturated carbocycles. The second kappa shape index (κ2) is 6.22. The maximum absolute atomic E-state index is 5.57. The van der Waals surface area contributed by atoms with E-state index in [0.29, 0.717) is 13.2 Å². The van der Waals surface area contributed by atoms with Crippen LogP contribution < -0.4 is 10.1 Å². The van der Waals surface area contributed by atoms with Gasteiger partial charge in [-0.05, 0) is 30.7 Å². The molecule has 106 valence electrons. The molecule has 0 spiro atoms. The molecule has 0 amide bonds. The van der Waals surface area contributed by atoms with Gasteiger partial charge in [0.1, 0.15) is 0 Å². The summed E-state index contributed by atoms with van der Waals surface area (Å²) < 4.78 is 5.57. The Hall–Kier alpha value is -2.62. The third-order valence-electron chi connectivity index (χ3n) is 3.23. The van der Waals surface area contributed by atoms with Gasteiger partial charge in [0.15, 0.2) is 11.6 Å². The first-order chi connectivity index (χ1) is 10.4. The maximum atomic E-state index is 5.57. The number of hydrogen-bond acceptors (Lipinski definition) is 4. The average molecular weight is 279 g/mol. The lowest BCUT2D eigenvalue weighted by Crippen LogP contribution is -2.05. The van der Waals surface area contributed by atoms with Gasteiger partial charge in [0.25, 0.3) is 0 Å². The minimum absolute atomic E-state index is 0.621. The molecule has 0 aliphatic rings. The van der Waals surface area contributed by atoms with E-state index in [0.717, 1.165) is 28.0 Å². The molecule has 4 nitrogen and oxygen atoms in total. The predicted octanol–water partition coefficient (Wildman–Crippen LogP) is 3.64. The fourth-order valence-electron chi connectivity index (χ4n) is 2.28. The van der Waals surface area contributed by atoms with Gasteiger partial charge in [-0.2, -0.15) is 0 Å². The van der Waals surface area contributed by atoms with Crippen LogP contribution in [-0.2, 0) is 6.54 Å². The summed E-state index contributed by atoms with van der Waals surface area (Å²) in [6, 6.07) is 14.0. The van der Waals surface area contributed by atoms with Gasteiger partial charge >= 0.3 is 0 Å². The number of anilines is 1. The van der Waals surface area contributed by atoms with Crippen LogP contribution >= 0.6 is 0 Å². The van der Waals surface area contributed by atoms with E-state index in [-0.39, 0.29) is 0 Å². The Morgan fingerprint density at radius 2 is 1.81 bits per heavy atom. The van der Waals surface area contributed by atoms with E-state index in [9.17, 15) is 0 Å². The molecular weight excluding hydrogens is 262 g/mol. The van der Waals surface area contributed by atoms with Gasteiger partial charge in [-0.3, -0.25) is 4.98 Å². The molecule has 3 rings (SSSR count). The molecule has 1 aromatic carbocycles. The summed E-state index contributed by atoms with van der Waals surface area (Å²) in [5, 5.41) is 4.47. The van der Waals surface area contributed by atoms with Crippen molar-refractivity contribution < 1.29 is 4.74 Å². The topological polar surface area (TPSA) is 47.0 Å². The Kier molecular flexibility index (Phi) is 3.96. The number of benzene rings is 1. The molecular formula is C17H17N3O. The van der Waals surface area contributed by atoms with Crippen LogP contribution in [0, 0.1) is 0 Å². The zero-order chi connectivity index (χ0) is 14.5. The second-order valence-corrected chi connectivity index (χ2v) is 4.63. The van der Waals surface area contributed by atoms with Crippen molar-refractivity contribution in [2.45, 2.75) is 13.5 Å². The van der Waals surface area contributed by atoms with Crippen LogP contribution in [0.15, 0.2) is 54.9 Å². The Morgan fingerprint density at radius 3 is 2.71 bits per heavy atom. The lowest BCUT2D eigenvalue weighted by Gasteiger charge is -2.11. The number of nitrogens with zero attached hydrogens (tertiary/aromatic N) is 2. The number of nitrogens with one attached hydrogen (secondary N) is 1. The Morgan fingerprint density at radius 1 is 1.00 bits per heavy atom. The van der Waals surface area contributed by atoms with E-state index in [1.807, 2.05) is 37.4 Å². The summed E-state index contributed by atoms with van der Waals surface area (Å²) in [5.41, 5.74) is 2.16. The highest BCUT2D eigenvalue weighted by molar-refractivity contribution is 5.81. The standard InChI is InChI=1S/C17H17N3O/c1-2-21-15-9-5-11-19-17(15)20-12-14-7-3-6-13-8-4-10-18-16(13)14/h3-11H,2,12H2,1H3,(H,19,20). The molecule has 0 unspecified atom stereocenters. The zero-order valence-electron chi connectivity index (χ0n) is 11.9. The van der Waals surface area contributed by atoms with Crippen molar-refractivity contribution in [2.75, 3.05) is 11.9 Å². The van der Waals surface area contributed by atoms with Crippen molar-refractivity contribution >= 4 is 16.7 Å². The number of rotatable bonds is 5. The molecule has 0 atom stereocenters. The molecule has 21 heavy (non-hydrogen) atoms. The SMILES string of the molecule is CCOc1cccnc1NCc1cccc2cccnc12. The molecule has 2 aromatic heterocycles. The quantitative estimate of drug-likeness (QED) is 0.774. The van der Waals surface area contributed by atoms with Gasteiger partial charge in [-0.25, -0.2) is 4.98 Å². The van der Waals surface area contributed by atoms with E-state index in [1.54, 1.807) is 6.20 Å². The van der Waals surface area contributed by atoms with Crippen LogP contribution in [0.2, 0.25) is 0 Å². The second-order valence-electron chi connectivity index (χ2n) is 4.63. The first-order valence-corrected chi connectivity index (χ1v) is 7.03. The van der Waals surface area contributed by atoms with Crippen LogP contribution in [0.4, 0.5) is 5.82 Å². The van der Waals surface area contributed by atoms with Gasteiger partial charge in [-0.1, -0.05) is 24.3 Å². The van der Waals surface area contributed by atoms with Crippen molar-refractivity contribution in [2.24, 2.45) is 0 Å². The van der Waals surface area contributed by atoms with E-state index in [4.69, 9.17) is 4.74 Å². The third-order valence-corrected chi connectivity index (χ3v) is 3.23. The molecule has 0 aliphatic heterocycles. The smallest absolute Gasteiger partial charge is 0.169 e. The number of hydrogen-bond donors (Lipinski definition) is 1. The monoisotopic (exact) mass is 279 g/mol. The molecule has 0 fully saturated rings. The van der Waals surface area contributed by atoms with E-state index >= 15 is 0 Å². The van der Waals surface area contributed by atoms with Crippen molar-refractivity contribution in [1.82, 2.24) is 9.97 Å². The highest BCUT2D eigenvalue weighted by atomic mass is 16.5. The number of fused-ring (bicyclic) bond motifs is 1. The molecule has 1 N–H and O–H groups in total. The fraction of sp³-hybridized carbons (Fsp3) is 0.176. The van der Waals surface area contributed by atoms with Crippen LogP contribution in [0.5, 0.6) is 5.75 Å². The van der Waals surface area contributed by atoms with Crippen LogP contribution in [-0.4, -0.2) is 16.6 Å². The summed E-state index contributed by atoms with van der Waals surface area (Å²) in [7, 11) is 0. The Labute approximate surface area is 123 Å². The lowest BCUT2D eigenvalue weighted by atomic mass is 10.1. The summed E-state index contributed by atoms with van der Waals surface area (Å²) in [6.45, 7) is 3.24. The maximum Gasteiger partial charge on any atom is 0.169 e. The molecule has 0 aliphatic carbocycles. The summed E-state index contributed by atoms with van der Waals surface area (Å²) in [5.74, 6) is 1.53. The molecule has 2 heterocycles.